The Balaban J connectivity index is 2.04. The van der Waals surface area contributed by atoms with Gasteiger partial charge in [-0.1, -0.05) is 6.07 Å². The van der Waals surface area contributed by atoms with Crippen molar-refractivity contribution < 1.29 is 23.0 Å². The Labute approximate surface area is 118 Å². The maximum Gasteiger partial charge on any atom is 0.159 e. The Kier molecular flexibility index (Phi) is 4.45. The Morgan fingerprint density at radius 2 is 1.81 bits per heavy atom. The Morgan fingerprint density at radius 3 is 2.43 bits per heavy atom. The largest absolute Gasteiger partial charge is 0.490 e. The second-order valence-electron chi connectivity index (χ2n) is 4.25. The van der Waals surface area contributed by atoms with Crippen LogP contribution in [0.5, 0.6) is 5.75 Å². The smallest absolute Gasteiger partial charge is 0.159 e. The van der Waals surface area contributed by atoms with E-state index in [4.69, 9.17) is 10.00 Å². The highest BCUT2D eigenvalue weighted by atomic mass is 19.2. The van der Waals surface area contributed by atoms with Crippen molar-refractivity contribution in [2.75, 3.05) is 6.61 Å². The van der Waals surface area contributed by atoms with Crippen molar-refractivity contribution in [3.8, 4) is 11.8 Å². The van der Waals surface area contributed by atoms with Crippen LogP contribution in [0.2, 0.25) is 0 Å². The number of hydrogen-bond donors (Lipinski definition) is 1. The van der Waals surface area contributed by atoms with Crippen LogP contribution in [0.4, 0.5) is 13.2 Å². The van der Waals surface area contributed by atoms with Gasteiger partial charge in [0.05, 0.1) is 5.56 Å². The van der Waals surface area contributed by atoms with Gasteiger partial charge in [-0.25, -0.2) is 13.2 Å². The van der Waals surface area contributed by atoms with Crippen LogP contribution in [-0.2, 0) is 0 Å². The van der Waals surface area contributed by atoms with Crippen molar-refractivity contribution in [3.63, 3.8) is 0 Å². The number of aliphatic hydroxyl groups excluding tert-OH is 1. The van der Waals surface area contributed by atoms with Crippen molar-refractivity contribution in [3.05, 3.63) is 65.0 Å². The van der Waals surface area contributed by atoms with Gasteiger partial charge in [0.15, 0.2) is 11.6 Å². The molecule has 2 aromatic carbocycles. The van der Waals surface area contributed by atoms with Crippen LogP contribution in [0, 0.1) is 28.8 Å². The third-order valence-corrected chi connectivity index (χ3v) is 2.80. The second kappa shape index (κ2) is 6.29. The van der Waals surface area contributed by atoms with Crippen molar-refractivity contribution in [2.45, 2.75) is 6.10 Å². The van der Waals surface area contributed by atoms with Gasteiger partial charge in [-0.2, -0.15) is 5.26 Å². The summed E-state index contributed by atoms with van der Waals surface area (Å²) in [5.41, 5.74) is 0.0199. The minimum atomic E-state index is -1.20. The average molecular weight is 293 g/mol. The first-order valence-corrected chi connectivity index (χ1v) is 5.96. The molecule has 0 bridgehead atoms. The van der Waals surface area contributed by atoms with E-state index in [1.54, 1.807) is 6.07 Å². The fraction of sp³-hybridized carbons (Fsp3) is 0.133. The molecule has 0 saturated carbocycles. The molecule has 0 aliphatic carbocycles. The monoisotopic (exact) mass is 293 g/mol. The lowest BCUT2D eigenvalue weighted by atomic mass is 10.1. The lowest BCUT2D eigenvalue weighted by Gasteiger charge is -2.13. The molecule has 0 aliphatic rings. The summed E-state index contributed by atoms with van der Waals surface area (Å²) in [5, 5.41) is 18.4. The summed E-state index contributed by atoms with van der Waals surface area (Å²) in [5.74, 6) is -2.71. The SMILES string of the molecule is N#Cc1ccc(OCC(O)c2ccc(F)c(F)c2)cc1F. The van der Waals surface area contributed by atoms with Gasteiger partial charge < -0.3 is 9.84 Å². The number of nitriles is 1. The van der Waals surface area contributed by atoms with Crippen molar-refractivity contribution in [2.24, 2.45) is 0 Å². The van der Waals surface area contributed by atoms with Gasteiger partial charge >= 0.3 is 0 Å². The summed E-state index contributed by atoms with van der Waals surface area (Å²) in [6, 6.07) is 8.29. The lowest BCUT2D eigenvalue weighted by molar-refractivity contribution is 0.107. The van der Waals surface area contributed by atoms with E-state index in [-0.39, 0.29) is 23.5 Å². The Bertz CT molecular complexity index is 698. The van der Waals surface area contributed by atoms with Crippen LogP contribution < -0.4 is 4.74 Å². The Hall–Kier alpha value is -2.52. The number of halogens is 3. The molecule has 108 valence electrons. The first kappa shape index (κ1) is 14.9. The predicted molar refractivity (Wildman–Crippen MR) is 67.9 cm³/mol. The molecule has 0 radical (unpaired) electrons. The minimum Gasteiger partial charge on any atom is -0.490 e. The molecule has 0 saturated heterocycles. The standard InChI is InChI=1S/C15H10F3NO2/c16-12-4-2-9(5-14(12)18)15(20)8-21-11-3-1-10(7-19)13(17)6-11/h1-6,15,20H,8H2. The molecule has 0 aliphatic heterocycles. The molecule has 1 N–H and O–H groups in total. The summed E-state index contributed by atoms with van der Waals surface area (Å²) in [7, 11) is 0. The normalized spacial score (nSPS) is 11.8. The molecule has 0 aromatic heterocycles. The predicted octanol–water partition coefficient (Wildman–Crippen LogP) is 3.09. The maximum atomic E-state index is 13.3. The molecule has 6 heteroatoms. The number of ether oxygens (including phenoxy) is 1. The molecule has 0 amide bonds. The first-order valence-electron chi connectivity index (χ1n) is 5.96. The second-order valence-corrected chi connectivity index (χ2v) is 4.25. The quantitative estimate of drug-likeness (QED) is 0.942. The Morgan fingerprint density at radius 1 is 1.05 bits per heavy atom. The van der Waals surface area contributed by atoms with E-state index in [2.05, 4.69) is 0 Å². The van der Waals surface area contributed by atoms with E-state index in [1.807, 2.05) is 0 Å². The van der Waals surface area contributed by atoms with Gasteiger partial charge in [-0.15, -0.1) is 0 Å². The minimum absolute atomic E-state index is 0.119. The van der Waals surface area contributed by atoms with E-state index in [0.717, 1.165) is 18.2 Å². The zero-order valence-electron chi connectivity index (χ0n) is 10.7. The van der Waals surface area contributed by atoms with Gasteiger partial charge in [0.2, 0.25) is 0 Å². The summed E-state index contributed by atoms with van der Waals surface area (Å²) in [6.07, 6.45) is -1.20. The van der Waals surface area contributed by atoms with E-state index in [0.29, 0.717) is 0 Å². The van der Waals surface area contributed by atoms with E-state index in [1.165, 1.54) is 18.2 Å². The van der Waals surface area contributed by atoms with Crippen molar-refractivity contribution in [1.82, 2.24) is 0 Å². The van der Waals surface area contributed by atoms with Crippen LogP contribution in [-0.4, -0.2) is 11.7 Å². The van der Waals surface area contributed by atoms with Crippen molar-refractivity contribution >= 4 is 0 Å². The maximum absolute atomic E-state index is 13.3. The van der Waals surface area contributed by atoms with Crippen LogP contribution >= 0.6 is 0 Å². The molecule has 1 atom stereocenters. The summed E-state index contributed by atoms with van der Waals surface area (Å²) >= 11 is 0. The number of benzene rings is 2. The molecule has 1 unspecified atom stereocenters. The highest BCUT2D eigenvalue weighted by Gasteiger charge is 2.12. The van der Waals surface area contributed by atoms with Gasteiger partial charge in [-0.05, 0) is 29.8 Å². The summed E-state index contributed by atoms with van der Waals surface area (Å²) < 4.78 is 44.3. The van der Waals surface area contributed by atoms with Crippen LogP contribution in [0.3, 0.4) is 0 Å². The van der Waals surface area contributed by atoms with Gasteiger partial charge in [0.1, 0.15) is 30.3 Å². The zero-order chi connectivity index (χ0) is 15.4. The molecule has 21 heavy (non-hydrogen) atoms. The van der Waals surface area contributed by atoms with Gasteiger partial charge in [0.25, 0.3) is 0 Å². The molecule has 3 nitrogen and oxygen atoms in total. The van der Waals surface area contributed by atoms with Crippen LogP contribution in [0.15, 0.2) is 36.4 Å². The molecule has 2 rings (SSSR count). The molecule has 0 heterocycles. The fourth-order valence-electron chi connectivity index (χ4n) is 1.67. The molecule has 0 spiro atoms. The van der Waals surface area contributed by atoms with Crippen molar-refractivity contribution in [1.29, 1.82) is 5.26 Å². The van der Waals surface area contributed by atoms with Crippen LogP contribution in [0.1, 0.15) is 17.2 Å². The van der Waals surface area contributed by atoms with Crippen LogP contribution in [0.25, 0.3) is 0 Å². The zero-order valence-corrected chi connectivity index (χ0v) is 10.7. The van der Waals surface area contributed by atoms with Gasteiger partial charge in [-0.3, -0.25) is 0 Å². The number of rotatable bonds is 4. The molecule has 2 aromatic rings. The highest BCUT2D eigenvalue weighted by Crippen LogP contribution is 2.20. The molecular weight excluding hydrogens is 283 g/mol. The average Bonchev–Trinajstić information content (AvgIpc) is 2.47. The fourth-order valence-corrected chi connectivity index (χ4v) is 1.67. The van der Waals surface area contributed by atoms with E-state index >= 15 is 0 Å². The third kappa shape index (κ3) is 3.52. The third-order valence-electron chi connectivity index (χ3n) is 2.80. The number of nitrogens with zero attached hydrogens (tertiary/aromatic N) is 1. The number of hydrogen-bond acceptors (Lipinski definition) is 3. The first-order chi connectivity index (χ1) is 10.0. The highest BCUT2D eigenvalue weighted by molar-refractivity contribution is 5.36. The summed E-state index contributed by atoms with van der Waals surface area (Å²) in [6.45, 7) is -0.267. The van der Waals surface area contributed by atoms with E-state index in [9.17, 15) is 18.3 Å². The number of aliphatic hydroxyl groups is 1. The lowest BCUT2D eigenvalue weighted by Crippen LogP contribution is -2.10. The molecule has 0 fully saturated rings. The van der Waals surface area contributed by atoms with Gasteiger partial charge in [0, 0.05) is 6.07 Å². The molecular formula is C15H10F3NO2. The topological polar surface area (TPSA) is 53.2 Å². The van der Waals surface area contributed by atoms with E-state index < -0.39 is 23.6 Å². The summed E-state index contributed by atoms with van der Waals surface area (Å²) in [4.78, 5) is 0.